The third-order valence-corrected chi connectivity index (χ3v) is 2.17. The fourth-order valence-electron chi connectivity index (χ4n) is 1.38. The summed E-state index contributed by atoms with van der Waals surface area (Å²) in [6.45, 7) is 0. The number of nitrogen functional groups attached to an aromatic ring is 1. The molecule has 0 aliphatic carbocycles. The van der Waals surface area contributed by atoms with Gasteiger partial charge in [-0.1, -0.05) is 6.07 Å². The Morgan fingerprint density at radius 1 is 1.33 bits per heavy atom. The van der Waals surface area contributed by atoms with Gasteiger partial charge in [-0.3, -0.25) is 5.41 Å². The number of methoxy groups -OCH3 is 1. The normalized spacial score (nSPS) is 10.2. The number of hydrogen-bond donors (Lipinski definition) is 2. The number of aromatic nitrogens is 1. The molecule has 2 rings (SSSR count). The molecule has 15 heavy (non-hydrogen) atoms. The Morgan fingerprint density at radius 3 is 2.80 bits per heavy atom. The predicted molar refractivity (Wildman–Crippen MR) is 59.3 cm³/mol. The van der Waals surface area contributed by atoms with Crippen LogP contribution in [0.2, 0.25) is 0 Å². The van der Waals surface area contributed by atoms with E-state index in [0.29, 0.717) is 5.69 Å². The SMILES string of the molecule is COc1ccc2nc(C(=N)N)ccc2c1. The van der Waals surface area contributed by atoms with Crippen LogP contribution in [-0.2, 0) is 0 Å². The summed E-state index contributed by atoms with van der Waals surface area (Å²) < 4.78 is 5.11. The summed E-state index contributed by atoms with van der Waals surface area (Å²) in [4.78, 5) is 4.25. The summed E-state index contributed by atoms with van der Waals surface area (Å²) >= 11 is 0. The van der Waals surface area contributed by atoms with Gasteiger partial charge < -0.3 is 10.5 Å². The Morgan fingerprint density at radius 2 is 2.13 bits per heavy atom. The van der Waals surface area contributed by atoms with E-state index in [0.717, 1.165) is 16.7 Å². The second kappa shape index (κ2) is 3.57. The van der Waals surface area contributed by atoms with Crippen LogP contribution in [0.15, 0.2) is 30.3 Å². The van der Waals surface area contributed by atoms with Crippen molar-refractivity contribution in [2.45, 2.75) is 0 Å². The fraction of sp³-hybridized carbons (Fsp3) is 0.0909. The first-order valence-corrected chi connectivity index (χ1v) is 4.50. The highest BCUT2D eigenvalue weighted by Gasteiger charge is 2.01. The molecule has 0 saturated heterocycles. The first-order chi connectivity index (χ1) is 7.20. The third-order valence-electron chi connectivity index (χ3n) is 2.17. The van der Waals surface area contributed by atoms with Gasteiger partial charge in [0.1, 0.15) is 17.3 Å². The van der Waals surface area contributed by atoms with Gasteiger partial charge in [0.05, 0.1) is 12.6 Å². The molecule has 0 radical (unpaired) electrons. The average molecular weight is 201 g/mol. The van der Waals surface area contributed by atoms with Crippen LogP contribution < -0.4 is 10.5 Å². The Bertz CT molecular complexity index is 522. The van der Waals surface area contributed by atoms with Crippen LogP contribution in [0.5, 0.6) is 5.75 Å². The largest absolute Gasteiger partial charge is 0.497 e. The van der Waals surface area contributed by atoms with Crippen molar-refractivity contribution in [3.63, 3.8) is 0 Å². The number of pyridine rings is 1. The van der Waals surface area contributed by atoms with Gasteiger partial charge in [-0.15, -0.1) is 0 Å². The van der Waals surface area contributed by atoms with Crippen LogP contribution in [0.4, 0.5) is 0 Å². The second-order valence-corrected chi connectivity index (χ2v) is 3.17. The number of benzene rings is 1. The molecule has 0 aliphatic rings. The Hall–Kier alpha value is -2.10. The van der Waals surface area contributed by atoms with Gasteiger partial charge >= 0.3 is 0 Å². The molecule has 4 nitrogen and oxygen atoms in total. The number of nitrogens with two attached hydrogens (primary N) is 1. The van der Waals surface area contributed by atoms with E-state index in [2.05, 4.69) is 4.98 Å². The number of nitrogens with zero attached hydrogens (tertiary/aromatic N) is 1. The van der Waals surface area contributed by atoms with Gasteiger partial charge in [-0.2, -0.15) is 0 Å². The number of hydrogen-bond acceptors (Lipinski definition) is 3. The zero-order valence-electron chi connectivity index (χ0n) is 8.32. The average Bonchev–Trinajstić information content (AvgIpc) is 2.27. The maximum Gasteiger partial charge on any atom is 0.141 e. The second-order valence-electron chi connectivity index (χ2n) is 3.17. The lowest BCUT2D eigenvalue weighted by molar-refractivity contribution is 0.415. The molecule has 1 heterocycles. The third kappa shape index (κ3) is 1.74. The summed E-state index contributed by atoms with van der Waals surface area (Å²) in [6.07, 6.45) is 0. The number of ether oxygens (including phenoxy) is 1. The van der Waals surface area contributed by atoms with Gasteiger partial charge in [0, 0.05) is 5.39 Å². The number of amidine groups is 1. The van der Waals surface area contributed by atoms with Crippen molar-refractivity contribution in [3.05, 3.63) is 36.0 Å². The summed E-state index contributed by atoms with van der Waals surface area (Å²) in [7, 11) is 1.62. The van der Waals surface area contributed by atoms with Gasteiger partial charge in [0.15, 0.2) is 0 Å². The molecule has 0 aliphatic heterocycles. The van der Waals surface area contributed by atoms with Crippen LogP contribution >= 0.6 is 0 Å². The molecule has 1 aromatic heterocycles. The van der Waals surface area contributed by atoms with Crippen LogP contribution in [0.25, 0.3) is 10.9 Å². The number of rotatable bonds is 2. The molecule has 0 spiro atoms. The van der Waals surface area contributed by atoms with Gasteiger partial charge in [-0.05, 0) is 24.3 Å². The van der Waals surface area contributed by atoms with Gasteiger partial charge in [-0.25, -0.2) is 4.98 Å². The maximum atomic E-state index is 7.28. The fourth-order valence-corrected chi connectivity index (χ4v) is 1.38. The van der Waals surface area contributed by atoms with E-state index < -0.39 is 0 Å². The molecule has 76 valence electrons. The zero-order chi connectivity index (χ0) is 10.8. The van der Waals surface area contributed by atoms with E-state index >= 15 is 0 Å². The van der Waals surface area contributed by atoms with Crippen molar-refractivity contribution in [1.82, 2.24) is 4.98 Å². The van der Waals surface area contributed by atoms with Crippen molar-refractivity contribution in [2.24, 2.45) is 5.73 Å². The zero-order valence-corrected chi connectivity index (χ0v) is 8.32. The number of nitrogens with one attached hydrogen (secondary N) is 1. The molecule has 0 unspecified atom stereocenters. The molecule has 1 aromatic carbocycles. The van der Waals surface area contributed by atoms with Crippen LogP contribution in [0.1, 0.15) is 5.69 Å². The first-order valence-electron chi connectivity index (χ1n) is 4.50. The summed E-state index contributed by atoms with van der Waals surface area (Å²) in [5.41, 5.74) is 6.66. The Labute approximate surface area is 87.2 Å². The van der Waals surface area contributed by atoms with Gasteiger partial charge in [0.2, 0.25) is 0 Å². The van der Waals surface area contributed by atoms with Crippen molar-refractivity contribution < 1.29 is 4.74 Å². The monoisotopic (exact) mass is 201 g/mol. The summed E-state index contributed by atoms with van der Waals surface area (Å²) in [6, 6.07) is 9.18. The van der Waals surface area contributed by atoms with E-state index in [1.54, 1.807) is 13.2 Å². The highest BCUT2D eigenvalue weighted by Crippen LogP contribution is 2.19. The molecule has 0 amide bonds. The molecule has 3 N–H and O–H groups in total. The van der Waals surface area contributed by atoms with Crippen LogP contribution in [-0.4, -0.2) is 17.9 Å². The topological polar surface area (TPSA) is 72.0 Å². The quantitative estimate of drug-likeness (QED) is 0.571. The summed E-state index contributed by atoms with van der Waals surface area (Å²) in [5, 5.41) is 8.25. The minimum absolute atomic E-state index is 0.0206. The molecule has 0 atom stereocenters. The van der Waals surface area contributed by atoms with Crippen LogP contribution in [0.3, 0.4) is 0 Å². The van der Waals surface area contributed by atoms with E-state index in [9.17, 15) is 0 Å². The van der Waals surface area contributed by atoms with E-state index in [1.165, 1.54) is 0 Å². The number of fused-ring (bicyclic) bond motifs is 1. The lowest BCUT2D eigenvalue weighted by Crippen LogP contribution is -2.12. The summed E-state index contributed by atoms with van der Waals surface area (Å²) in [5.74, 6) is 0.771. The van der Waals surface area contributed by atoms with E-state index in [-0.39, 0.29) is 5.84 Å². The molecule has 0 saturated carbocycles. The van der Waals surface area contributed by atoms with Crippen molar-refractivity contribution >= 4 is 16.7 Å². The van der Waals surface area contributed by atoms with Crippen molar-refractivity contribution in [2.75, 3.05) is 7.11 Å². The van der Waals surface area contributed by atoms with Gasteiger partial charge in [0.25, 0.3) is 0 Å². The van der Waals surface area contributed by atoms with Crippen molar-refractivity contribution in [1.29, 1.82) is 5.41 Å². The smallest absolute Gasteiger partial charge is 0.141 e. The highest BCUT2D eigenvalue weighted by atomic mass is 16.5. The highest BCUT2D eigenvalue weighted by molar-refractivity contribution is 5.95. The van der Waals surface area contributed by atoms with Crippen LogP contribution in [0, 0.1) is 5.41 Å². The lowest BCUT2D eigenvalue weighted by atomic mass is 10.2. The minimum atomic E-state index is -0.0206. The molecule has 0 bridgehead atoms. The standard InChI is InChI=1S/C11H11N3O/c1-15-8-3-5-9-7(6-8)2-4-10(14-9)11(12)13/h2-6H,1H3,(H3,12,13). The van der Waals surface area contributed by atoms with E-state index in [1.807, 2.05) is 24.3 Å². The predicted octanol–water partition coefficient (Wildman–Crippen LogP) is 1.53. The maximum absolute atomic E-state index is 7.28. The minimum Gasteiger partial charge on any atom is -0.497 e. The first kappa shape index (κ1) is 9.45. The van der Waals surface area contributed by atoms with Crippen molar-refractivity contribution in [3.8, 4) is 5.75 Å². The van der Waals surface area contributed by atoms with E-state index in [4.69, 9.17) is 15.9 Å². The molecule has 4 heteroatoms. The lowest BCUT2D eigenvalue weighted by Gasteiger charge is -2.03. The Balaban J connectivity index is 2.59. The molecular formula is C11H11N3O. The Kier molecular flexibility index (Phi) is 2.25. The molecular weight excluding hydrogens is 190 g/mol. The molecule has 2 aromatic rings. The molecule has 0 fully saturated rings.